The van der Waals surface area contributed by atoms with Gasteiger partial charge in [-0.05, 0) is 18.4 Å². The number of nitriles is 1. The van der Waals surface area contributed by atoms with Crippen LogP contribution < -0.4 is 5.32 Å². The summed E-state index contributed by atoms with van der Waals surface area (Å²) in [6.07, 6.45) is 6.92. The Morgan fingerprint density at radius 1 is 1.08 bits per heavy atom. The molecule has 2 nitrogen and oxygen atoms in total. The zero-order chi connectivity index (χ0) is 9.10. The van der Waals surface area contributed by atoms with E-state index >= 15 is 0 Å². The molecule has 72 valence electrons. The largest absolute Gasteiger partial charge is 0.315 e. The second-order valence-electron chi connectivity index (χ2n) is 4.46. The second-order valence-corrected chi connectivity index (χ2v) is 4.46. The Morgan fingerprint density at radius 2 is 1.85 bits per heavy atom. The van der Waals surface area contributed by atoms with Gasteiger partial charge in [-0.3, -0.25) is 0 Å². The van der Waals surface area contributed by atoms with Gasteiger partial charge < -0.3 is 5.32 Å². The molecule has 0 bridgehead atoms. The molecule has 1 saturated heterocycles. The Balaban J connectivity index is 1.94. The standard InChI is InChI=1S/C11H18N2/c12-6-10-7-13-8-11(10)9-4-2-1-3-5-9/h9-11,13H,1-5,7-8H2/t10-,11+/m0/s1. The van der Waals surface area contributed by atoms with Crippen LogP contribution in [0.3, 0.4) is 0 Å². The summed E-state index contributed by atoms with van der Waals surface area (Å²) in [6.45, 7) is 2.01. The first-order valence-corrected chi connectivity index (χ1v) is 5.52. The van der Waals surface area contributed by atoms with Crippen molar-refractivity contribution in [2.24, 2.45) is 17.8 Å². The lowest BCUT2D eigenvalue weighted by atomic mass is 9.76. The first kappa shape index (κ1) is 9.02. The molecule has 0 amide bonds. The van der Waals surface area contributed by atoms with Gasteiger partial charge in [-0.15, -0.1) is 0 Å². The first-order valence-electron chi connectivity index (χ1n) is 5.52. The van der Waals surface area contributed by atoms with Crippen molar-refractivity contribution in [3.8, 4) is 6.07 Å². The lowest BCUT2D eigenvalue weighted by Gasteiger charge is -2.28. The fourth-order valence-corrected chi connectivity index (χ4v) is 2.90. The summed E-state index contributed by atoms with van der Waals surface area (Å²) in [4.78, 5) is 0. The number of nitrogens with one attached hydrogen (secondary N) is 1. The van der Waals surface area contributed by atoms with Crippen LogP contribution in [0.2, 0.25) is 0 Å². The Morgan fingerprint density at radius 3 is 2.54 bits per heavy atom. The highest BCUT2D eigenvalue weighted by molar-refractivity contribution is 4.97. The molecule has 1 N–H and O–H groups in total. The number of hydrogen-bond donors (Lipinski definition) is 1. The van der Waals surface area contributed by atoms with Crippen molar-refractivity contribution in [2.45, 2.75) is 32.1 Å². The predicted molar refractivity (Wildman–Crippen MR) is 52.0 cm³/mol. The molecule has 1 saturated carbocycles. The van der Waals surface area contributed by atoms with Gasteiger partial charge in [0, 0.05) is 6.54 Å². The van der Waals surface area contributed by atoms with Crippen LogP contribution in [0.25, 0.3) is 0 Å². The van der Waals surface area contributed by atoms with Gasteiger partial charge in [-0.2, -0.15) is 5.26 Å². The minimum absolute atomic E-state index is 0.295. The van der Waals surface area contributed by atoms with Crippen LogP contribution >= 0.6 is 0 Å². The van der Waals surface area contributed by atoms with E-state index < -0.39 is 0 Å². The molecule has 2 fully saturated rings. The highest BCUT2D eigenvalue weighted by Crippen LogP contribution is 2.35. The molecule has 0 spiro atoms. The molecule has 0 radical (unpaired) electrons. The van der Waals surface area contributed by atoms with E-state index in [1.54, 1.807) is 0 Å². The van der Waals surface area contributed by atoms with Crippen molar-refractivity contribution in [3.05, 3.63) is 0 Å². The molecule has 1 heterocycles. The minimum atomic E-state index is 0.295. The average molecular weight is 178 g/mol. The molecule has 13 heavy (non-hydrogen) atoms. The summed E-state index contributed by atoms with van der Waals surface area (Å²) in [6, 6.07) is 2.45. The molecular weight excluding hydrogens is 160 g/mol. The lowest BCUT2D eigenvalue weighted by Crippen LogP contribution is -2.24. The molecule has 0 aromatic rings. The SMILES string of the molecule is N#C[C@H]1CNC[C@@H]1C1CCCCC1. The van der Waals surface area contributed by atoms with Crippen molar-refractivity contribution in [2.75, 3.05) is 13.1 Å². The van der Waals surface area contributed by atoms with E-state index in [0.29, 0.717) is 11.8 Å². The van der Waals surface area contributed by atoms with E-state index in [1.165, 1.54) is 32.1 Å². The third-order valence-electron chi connectivity index (χ3n) is 3.68. The van der Waals surface area contributed by atoms with Crippen LogP contribution in [0.15, 0.2) is 0 Å². The van der Waals surface area contributed by atoms with E-state index in [-0.39, 0.29) is 0 Å². The maximum atomic E-state index is 8.98. The minimum Gasteiger partial charge on any atom is -0.315 e. The van der Waals surface area contributed by atoms with Gasteiger partial charge in [0.2, 0.25) is 0 Å². The van der Waals surface area contributed by atoms with Crippen LogP contribution in [0, 0.1) is 29.1 Å². The van der Waals surface area contributed by atoms with E-state index in [4.69, 9.17) is 5.26 Å². The quantitative estimate of drug-likeness (QED) is 0.666. The molecular formula is C11H18N2. The third-order valence-corrected chi connectivity index (χ3v) is 3.68. The molecule has 2 atom stereocenters. The highest BCUT2D eigenvalue weighted by atomic mass is 14.9. The zero-order valence-corrected chi connectivity index (χ0v) is 8.13. The van der Waals surface area contributed by atoms with Gasteiger partial charge in [-0.1, -0.05) is 32.1 Å². The summed E-state index contributed by atoms with van der Waals surface area (Å²) in [5.41, 5.74) is 0. The molecule has 0 unspecified atom stereocenters. The second kappa shape index (κ2) is 4.11. The van der Waals surface area contributed by atoms with Crippen LogP contribution in [-0.2, 0) is 0 Å². The highest BCUT2D eigenvalue weighted by Gasteiger charge is 2.33. The molecule has 0 aromatic carbocycles. The fraction of sp³-hybridized carbons (Fsp3) is 0.909. The van der Waals surface area contributed by atoms with Crippen LogP contribution in [0.5, 0.6) is 0 Å². The number of nitrogens with zero attached hydrogens (tertiary/aromatic N) is 1. The normalized spacial score (nSPS) is 35.9. The summed E-state index contributed by atoms with van der Waals surface area (Å²) in [5, 5.41) is 12.3. The first-order chi connectivity index (χ1) is 6.42. The van der Waals surface area contributed by atoms with E-state index in [1.807, 2.05) is 0 Å². The summed E-state index contributed by atoms with van der Waals surface area (Å²) < 4.78 is 0. The Bertz CT molecular complexity index is 201. The summed E-state index contributed by atoms with van der Waals surface area (Å²) in [5.74, 6) is 1.79. The predicted octanol–water partition coefficient (Wildman–Crippen LogP) is 1.93. The molecule has 1 aliphatic carbocycles. The van der Waals surface area contributed by atoms with Gasteiger partial charge in [0.15, 0.2) is 0 Å². The molecule has 0 aromatic heterocycles. The zero-order valence-electron chi connectivity index (χ0n) is 8.13. The molecule has 2 rings (SSSR count). The van der Waals surface area contributed by atoms with Crippen molar-refractivity contribution in [1.82, 2.24) is 5.32 Å². The maximum absolute atomic E-state index is 8.98. The molecule has 2 heteroatoms. The summed E-state index contributed by atoms with van der Waals surface area (Å²) >= 11 is 0. The van der Waals surface area contributed by atoms with Gasteiger partial charge in [0.1, 0.15) is 0 Å². The number of rotatable bonds is 1. The van der Waals surface area contributed by atoms with Crippen molar-refractivity contribution in [1.29, 1.82) is 5.26 Å². The third kappa shape index (κ3) is 1.86. The van der Waals surface area contributed by atoms with Crippen LogP contribution in [0.1, 0.15) is 32.1 Å². The fourth-order valence-electron chi connectivity index (χ4n) is 2.90. The van der Waals surface area contributed by atoms with E-state index in [2.05, 4.69) is 11.4 Å². The number of hydrogen-bond acceptors (Lipinski definition) is 2. The monoisotopic (exact) mass is 178 g/mol. The lowest BCUT2D eigenvalue weighted by molar-refractivity contribution is 0.240. The van der Waals surface area contributed by atoms with Gasteiger partial charge in [-0.25, -0.2) is 0 Å². The van der Waals surface area contributed by atoms with Crippen LogP contribution in [0.4, 0.5) is 0 Å². The maximum Gasteiger partial charge on any atom is 0.0672 e. The summed E-state index contributed by atoms with van der Waals surface area (Å²) in [7, 11) is 0. The average Bonchev–Trinajstić information content (AvgIpc) is 2.67. The van der Waals surface area contributed by atoms with E-state index in [0.717, 1.165) is 19.0 Å². The Labute approximate surface area is 80.3 Å². The van der Waals surface area contributed by atoms with Gasteiger partial charge >= 0.3 is 0 Å². The molecule has 1 aliphatic heterocycles. The Kier molecular flexibility index (Phi) is 2.85. The van der Waals surface area contributed by atoms with Crippen molar-refractivity contribution in [3.63, 3.8) is 0 Å². The smallest absolute Gasteiger partial charge is 0.0672 e. The topological polar surface area (TPSA) is 35.8 Å². The van der Waals surface area contributed by atoms with Crippen LogP contribution in [-0.4, -0.2) is 13.1 Å². The van der Waals surface area contributed by atoms with Gasteiger partial charge in [0.25, 0.3) is 0 Å². The molecule has 2 aliphatic rings. The van der Waals surface area contributed by atoms with Gasteiger partial charge in [0.05, 0.1) is 12.0 Å². The van der Waals surface area contributed by atoms with E-state index in [9.17, 15) is 0 Å². The Hall–Kier alpha value is -0.550. The van der Waals surface area contributed by atoms with Crippen molar-refractivity contribution < 1.29 is 0 Å². The van der Waals surface area contributed by atoms with Crippen molar-refractivity contribution >= 4 is 0 Å².